The minimum absolute atomic E-state index is 0.0757. The zero-order valence-corrected chi connectivity index (χ0v) is 22.4. The van der Waals surface area contributed by atoms with Crippen molar-refractivity contribution in [3.63, 3.8) is 0 Å². The van der Waals surface area contributed by atoms with Gasteiger partial charge in [0.2, 0.25) is 0 Å². The number of hydrogen-bond donors (Lipinski definition) is 3. The average Bonchev–Trinajstić information content (AvgIpc) is 2.91. The first kappa shape index (κ1) is 27.4. The van der Waals surface area contributed by atoms with Crippen LogP contribution in [-0.2, 0) is 17.8 Å². The normalized spacial score (nSPS) is 11.6. The van der Waals surface area contributed by atoms with Crippen molar-refractivity contribution >= 4 is 23.4 Å². The molecule has 4 aromatic rings. The third kappa shape index (κ3) is 6.82. The molecule has 7 nitrogen and oxygen atoms in total. The van der Waals surface area contributed by atoms with Crippen molar-refractivity contribution < 1.29 is 14.7 Å². The second-order valence-electron chi connectivity index (χ2n) is 9.71. The van der Waals surface area contributed by atoms with E-state index in [1.165, 1.54) is 0 Å². The Balaban J connectivity index is 1.52. The third-order valence-electron chi connectivity index (χ3n) is 6.83. The SMILES string of the molecule is CCc1cc(NC(=O)Nc2ccccc2C)ccc1-c1cccn(Cc2ccc([C@@H](C)CC(=O)O)cc2)c1=O. The van der Waals surface area contributed by atoms with E-state index < -0.39 is 5.97 Å². The van der Waals surface area contributed by atoms with E-state index in [9.17, 15) is 14.4 Å². The number of rotatable bonds is 9. The topological polar surface area (TPSA) is 100 Å². The van der Waals surface area contributed by atoms with Gasteiger partial charge in [-0.15, -0.1) is 0 Å². The van der Waals surface area contributed by atoms with Gasteiger partial charge in [0.05, 0.1) is 13.0 Å². The zero-order chi connectivity index (χ0) is 27.9. The molecule has 1 heterocycles. The molecule has 2 amide bonds. The summed E-state index contributed by atoms with van der Waals surface area (Å²) in [4.78, 5) is 37.0. The molecular formula is C32H33N3O4. The number of carboxylic acids is 1. The number of anilines is 2. The van der Waals surface area contributed by atoms with E-state index in [-0.39, 0.29) is 23.9 Å². The van der Waals surface area contributed by atoms with Crippen molar-refractivity contribution in [2.45, 2.75) is 46.1 Å². The number of aromatic nitrogens is 1. The number of carboxylic acid groups (broad SMARTS) is 1. The lowest BCUT2D eigenvalue weighted by Crippen LogP contribution is -2.22. The number of benzene rings is 3. The summed E-state index contributed by atoms with van der Waals surface area (Å²) in [6.45, 7) is 6.24. The highest BCUT2D eigenvalue weighted by atomic mass is 16.4. The summed E-state index contributed by atoms with van der Waals surface area (Å²) < 4.78 is 1.67. The summed E-state index contributed by atoms with van der Waals surface area (Å²) in [7, 11) is 0. The minimum atomic E-state index is -0.823. The van der Waals surface area contributed by atoms with E-state index in [1.807, 2.05) is 93.6 Å². The number of nitrogens with one attached hydrogen (secondary N) is 2. The summed E-state index contributed by atoms with van der Waals surface area (Å²) in [5, 5.41) is 14.8. The summed E-state index contributed by atoms with van der Waals surface area (Å²) in [6.07, 6.45) is 2.53. The lowest BCUT2D eigenvalue weighted by Gasteiger charge is -2.14. The molecule has 3 aromatic carbocycles. The van der Waals surface area contributed by atoms with Crippen LogP contribution in [0.3, 0.4) is 0 Å². The summed E-state index contributed by atoms with van der Waals surface area (Å²) in [6, 6.07) is 24.2. The van der Waals surface area contributed by atoms with Crippen LogP contribution in [0.15, 0.2) is 89.9 Å². The van der Waals surface area contributed by atoms with Gasteiger partial charge in [-0.3, -0.25) is 9.59 Å². The van der Waals surface area contributed by atoms with Gasteiger partial charge in [0.25, 0.3) is 5.56 Å². The Morgan fingerprint density at radius 1 is 0.923 bits per heavy atom. The second kappa shape index (κ2) is 12.3. The average molecular weight is 524 g/mol. The molecule has 1 atom stereocenters. The number of hydrogen-bond acceptors (Lipinski definition) is 3. The molecule has 200 valence electrons. The van der Waals surface area contributed by atoms with Crippen molar-refractivity contribution in [1.29, 1.82) is 0 Å². The summed E-state index contributed by atoms with van der Waals surface area (Å²) in [5.41, 5.74) is 6.56. The fourth-order valence-corrected chi connectivity index (χ4v) is 4.62. The standard InChI is InChI=1S/C32H33N3O4/c1-4-24-19-26(33-32(39)34-29-10-6-5-8-21(29)2)15-16-27(24)28-9-7-17-35(31(28)38)20-23-11-13-25(14-12-23)22(3)18-30(36)37/h5-17,19,22H,4,18,20H2,1-3H3,(H,36,37)(H2,33,34,39)/t22-/m0/s1. The molecule has 0 saturated heterocycles. The van der Waals surface area contributed by atoms with Crippen LogP contribution in [0.1, 0.15) is 48.4 Å². The van der Waals surface area contributed by atoms with E-state index >= 15 is 0 Å². The Hall–Kier alpha value is -4.65. The van der Waals surface area contributed by atoms with Crippen LogP contribution in [-0.4, -0.2) is 21.7 Å². The van der Waals surface area contributed by atoms with Crippen molar-refractivity contribution in [2.24, 2.45) is 0 Å². The zero-order valence-electron chi connectivity index (χ0n) is 22.4. The van der Waals surface area contributed by atoms with Crippen LogP contribution >= 0.6 is 0 Å². The fraction of sp³-hybridized carbons (Fsp3) is 0.219. The first-order valence-corrected chi connectivity index (χ1v) is 13.0. The monoisotopic (exact) mass is 523 g/mol. The van der Waals surface area contributed by atoms with Crippen molar-refractivity contribution in [1.82, 2.24) is 4.57 Å². The predicted molar refractivity (Wildman–Crippen MR) is 156 cm³/mol. The van der Waals surface area contributed by atoms with Gasteiger partial charge in [0.1, 0.15) is 0 Å². The molecule has 0 radical (unpaired) electrons. The van der Waals surface area contributed by atoms with Crippen LogP contribution in [0.4, 0.5) is 16.2 Å². The van der Waals surface area contributed by atoms with Gasteiger partial charge in [-0.2, -0.15) is 0 Å². The van der Waals surface area contributed by atoms with Gasteiger partial charge in [0.15, 0.2) is 0 Å². The number of carbonyl (C=O) groups is 2. The molecule has 4 rings (SSSR count). The Labute approximate surface area is 228 Å². The number of aliphatic carboxylic acids is 1. The molecule has 0 aliphatic heterocycles. The third-order valence-corrected chi connectivity index (χ3v) is 6.83. The van der Waals surface area contributed by atoms with Crippen molar-refractivity contribution in [2.75, 3.05) is 10.6 Å². The lowest BCUT2D eigenvalue weighted by molar-refractivity contribution is -0.137. The highest BCUT2D eigenvalue weighted by Gasteiger charge is 2.13. The number of urea groups is 1. The number of carbonyl (C=O) groups excluding carboxylic acids is 1. The molecule has 0 unspecified atom stereocenters. The highest BCUT2D eigenvalue weighted by Crippen LogP contribution is 2.26. The van der Waals surface area contributed by atoms with Crippen LogP contribution in [0, 0.1) is 6.92 Å². The maximum absolute atomic E-state index is 13.5. The second-order valence-corrected chi connectivity index (χ2v) is 9.71. The van der Waals surface area contributed by atoms with Gasteiger partial charge in [0, 0.05) is 23.1 Å². The molecular weight excluding hydrogens is 490 g/mol. The van der Waals surface area contributed by atoms with Gasteiger partial charge in [-0.25, -0.2) is 4.79 Å². The van der Waals surface area contributed by atoms with E-state index in [4.69, 9.17) is 5.11 Å². The number of para-hydroxylation sites is 1. The first-order valence-electron chi connectivity index (χ1n) is 13.0. The van der Waals surface area contributed by atoms with Crippen LogP contribution in [0.25, 0.3) is 11.1 Å². The molecule has 0 bridgehead atoms. The van der Waals surface area contributed by atoms with Crippen molar-refractivity contribution in [3.05, 3.63) is 118 Å². The van der Waals surface area contributed by atoms with Crippen LogP contribution in [0.2, 0.25) is 0 Å². The smallest absolute Gasteiger partial charge is 0.323 e. The number of aryl methyl sites for hydroxylation is 2. The fourth-order valence-electron chi connectivity index (χ4n) is 4.62. The van der Waals surface area contributed by atoms with Gasteiger partial charge < -0.3 is 20.3 Å². The Bertz CT molecular complexity index is 1540. The molecule has 0 saturated carbocycles. The van der Waals surface area contributed by atoms with Crippen LogP contribution < -0.4 is 16.2 Å². The summed E-state index contributed by atoms with van der Waals surface area (Å²) >= 11 is 0. The first-order chi connectivity index (χ1) is 18.7. The number of pyridine rings is 1. The highest BCUT2D eigenvalue weighted by molar-refractivity contribution is 6.00. The molecule has 39 heavy (non-hydrogen) atoms. The van der Waals surface area contributed by atoms with E-state index in [0.29, 0.717) is 24.2 Å². The maximum atomic E-state index is 13.5. The number of nitrogens with zero attached hydrogens (tertiary/aromatic N) is 1. The van der Waals surface area contributed by atoms with Crippen LogP contribution in [0.5, 0.6) is 0 Å². The molecule has 0 spiro atoms. The quantitative estimate of drug-likeness (QED) is 0.228. The predicted octanol–water partition coefficient (Wildman–Crippen LogP) is 6.66. The molecule has 1 aromatic heterocycles. The van der Waals surface area contributed by atoms with Crippen molar-refractivity contribution in [3.8, 4) is 11.1 Å². The lowest BCUT2D eigenvalue weighted by atomic mass is 9.96. The maximum Gasteiger partial charge on any atom is 0.323 e. The van der Waals surface area contributed by atoms with E-state index in [2.05, 4.69) is 10.6 Å². The van der Waals surface area contributed by atoms with E-state index in [0.717, 1.165) is 33.5 Å². The molecule has 7 heteroatoms. The Morgan fingerprint density at radius 2 is 1.67 bits per heavy atom. The Morgan fingerprint density at radius 3 is 2.36 bits per heavy atom. The minimum Gasteiger partial charge on any atom is -0.481 e. The molecule has 3 N–H and O–H groups in total. The molecule has 0 fully saturated rings. The van der Waals surface area contributed by atoms with E-state index in [1.54, 1.807) is 16.8 Å². The van der Waals surface area contributed by atoms with Gasteiger partial charge in [-0.05, 0) is 77.4 Å². The Kier molecular flexibility index (Phi) is 8.61. The van der Waals surface area contributed by atoms with Gasteiger partial charge >= 0.3 is 12.0 Å². The van der Waals surface area contributed by atoms with Gasteiger partial charge in [-0.1, -0.05) is 62.4 Å². The summed E-state index contributed by atoms with van der Waals surface area (Å²) in [5.74, 6) is -0.906. The number of amides is 2. The largest absolute Gasteiger partial charge is 0.481 e. The molecule has 0 aliphatic rings. The molecule has 0 aliphatic carbocycles.